The SMILES string of the molecule is CCN(CC)C(=O)C(C)(C)C(=O)Nc1ccc(C)c(Cl)c1. The number of hydrogen-bond acceptors (Lipinski definition) is 2. The third-order valence-electron chi connectivity index (χ3n) is 3.58. The van der Waals surface area contributed by atoms with Gasteiger partial charge in [-0.25, -0.2) is 0 Å². The van der Waals surface area contributed by atoms with Gasteiger partial charge in [0, 0.05) is 23.8 Å². The molecular formula is C16H23ClN2O2. The number of anilines is 1. The number of aryl methyl sites for hydroxylation is 1. The van der Waals surface area contributed by atoms with Crippen LogP contribution in [0.1, 0.15) is 33.3 Å². The Morgan fingerprint density at radius 2 is 1.81 bits per heavy atom. The molecule has 0 aliphatic heterocycles. The molecule has 0 atom stereocenters. The fourth-order valence-electron chi connectivity index (χ4n) is 1.96. The van der Waals surface area contributed by atoms with E-state index in [0.29, 0.717) is 23.8 Å². The average molecular weight is 311 g/mol. The molecule has 0 saturated heterocycles. The van der Waals surface area contributed by atoms with Crippen molar-refractivity contribution in [3.05, 3.63) is 28.8 Å². The second-order valence-electron chi connectivity index (χ2n) is 5.52. The molecule has 0 heterocycles. The maximum Gasteiger partial charge on any atom is 0.239 e. The van der Waals surface area contributed by atoms with Crippen LogP contribution in [0.3, 0.4) is 0 Å². The Labute approximate surface area is 131 Å². The van der Waals surface area contributed by atoms with Crippen LogP contribution in [0.15, 0.2) is 18.2 Å². The normalized spacial score (nSPS) is 11.1. The Morgan fingerprint density at radius 3 is 2.29 bits per heavy atom. The van der Waals surface area contributed by atoms with Gasteiger partial charge in [0.05, 0.1) is 0 Å². The van der Waals surface area contributed by atoms with Crippen molar-refractivity contribution in [2.45, 2.75) is 34.6 Å². The number of rotatable bonds is 5. The van der Waals surface area contributed by atoms with Gasteiger partial charge >= 0.3 is 0 Å². The fourth-order valence-corrected chi connectivity index (χ4v) is 2.14. The molecule has 0 fully saturated rings. The van der Waals surface area contributed by atoms with Gasteiger partial charge in [0.1, 0.15) is 5.41 Å². The molecule has 1 N–H and O–H groups in total. The molecule has 21 heavy (non-hydrogen) atoms. The summed E-state index contributed by atoms with van der Waals surface area (Å²) in [6, 6.07) is 5.29. The van der Waals surface area contributed by atoms with E-state index in [1.54, 1.807) is 30.9 Å². The van der Waals surface area contributed by atoms with Gasteiger partial charge in [-0.15, -0.1) is 0 Å². The number of nitrogens with one attached hydrogen (secondary N) is 1. The van der Waals surface area contributed by atoms with Crippen molar-refractivity contribution in [1.82, 2.24) is 4.90 Å². The third-order valence-corrected chi connectivity index (χ3v) is 3.99. The van der Waals surface area contributed by atoms with E-state index in [1.165, 1.54) is 0 Å². The van der Waals surface area contributed by atoms with Gasteiger partial charge in [0.2, 0.25) is 11.8 Å². The molecule has 0 saturated carbocycles. The first-order chi connectivity index (χ1) is 9.73. The van der Waals surface area contributed by atoms with Gasteiger partial charge in [0.25, 0.3) is 0 Å². The minimum atomic E-state index is -1.12. The van der Waals surface area contributed by atoms with E-state index in [-0.39, 0.29) is 11.8 Å². The molecule has 0 spiro atoms. The average Bonchev–Trinajstić information content (AvgIpc) is 2.44. The molecule has 116 valence electrons. The van der Waals surface area contributed by atoms with Crippen molar-refractivity contribution in [2.24, 2.45) is 5.41 Å². The molecule has 5 heteroatoms. The van der Waals surface area contributed by atoms with E-state index in [0.717, 1.165) is 5.56 Å². The standard InChI is InChI=1S/C16H23ClN2O2/c1-6-19(7-2)15(21)16(4,5)14(20)18-12-9-8-11(3)13(17)10-12/h8-10H,6-7H2,1-5H3,(H,18,20). The summed E-state index contributed by atoms with van der Waals surface area (Å²) in [4.78, 5) is 26.5. The Hall–Kier alpha value is -1.55. The number of hydrogen-bond donors (Lipinski definition) is 1. The summed E-state index contributed by atoms with van der Waals surface area (Å²) in [5.74, 6) is -0.512. The maximum atomic E-state index is 12.4. The lowest BCUT2D eigenvalue weighted by atomic mass is 9.90. The lowest BCUT2D eigenvalue weighted by molar-refractivity contribution is -0.146. The first-order valence-corrected chi connectivity index (χ1v) is 7.48. The van der Waals surface area contributed by atoms with E-state index in [9.17, 15) is 9.59 Å². The predicted octanol–water partition coefficient (Wildman–Crippen LogP) is 3.48. The molecule has 0 aliphatic rings. The van der Waals surface area contributed by atoms with E-state index in [1.807, 2.05) is 26.8 Å². The number of carbonyl (C=O) groups excluding carboxylic acids is 2. The molecule has 4 nitrogen and oxygen atoms in total. The number of benzene rings is 1. The molecule has 2 amide bonds. The van der Waals surface area contributed by atoms with Crippen molar-refractivity contribution in [2.75, 3.05) is 18.4 Å². The third kappa shape index (κ3) is 3.97. The highest BCUT2D eigenvalue weighted by molar-refractivity contribution is 6.31. The molecular weight excluding hydrogens is 288 g/mol. The second-order valence-corrected chi connectivity index (χ2v) is 5.93. The highest BCUT2D eigenvalue weighted by Crippen LogP contribution is 2.24. The molecule has 0 aromatic heterocycles. The molecule has 0 radical (unpaired) electrons. The highest BCUT2D eigenvalue weighted by atomic mass is 35.5. The molecule has 1 aromatic rings. The highest BCUT2D eigenvalue weighted by Gasteiger charge is 2.38. The summed E-state index contributed by atoms with van der Waals surface area (Å²) in [7, 11) is 0. The van der Waals surface area contributed by atoms with E-state index >= 15 is 0 Å². The minimum absolute atomic E-state index is 0.178. The van der Waals surface area contributed by atoms with Crippen molar-refractivity contribution >= 4 is 29.1 Å². The molecule has 0 unspecified atom stereocenters. The Bertz CT molecular complexity index is 537. The van der Waals surface area contributed by atoms with Crippen molar-refractivity contribution in [3.63, 3.8) is 0 Å². The molecule has 1 aromatic carbocycles. The first-order valence-electron chi connectivity index (χ1n) is 7.11. The zero-order chi connectivity index (χ0) is 16.2. The van der Waals surface area contributed by atoms with E-state index in [4.69, 9.17) is 11.6 Å². The van der Waals surface area contributed by atoms with Gasteiger partial charge in [0.15, 0.2) is 0 Å². The van der Waals surface area contributed by atoms with E-state index in [2.05, 4.69) is 5.32 Å². The van der Waals surface area contributed by atoms with Crippen LogP contribution in [0.4, 0.5) is 5.69 Å². The van der Waals surface area contributed by atoms with Crippen LogP contribution < -0.4 is 5.32 Å². The quantitative estimate of drug-likeness (QED) is 0.846. The zero-order valence-corrected chi connectivity index (χ0v) is 14.0. The summed E-state index contributed by atoms with van der Waals surface area (Å²) in [6.07, 6.45) is 0. The Balaban J connectivity index is 2.90. The molecule has 1 rings (SSSR count). The number of amides is 2. The van der Waals surface area contributed by atoms with Crippen LogP contribution in [0, 0.1) is 12.3 Å². The van der Waals surface area contributed by atoms with Crippen LogP contribution in [0.25, 0.3) is 0 Å². The Morgan fingerprint density at radius 1 is 1.24 bits per heavy atom. The summed E-state index contributed by atoms with van der Waals surface area (Å²) in [5.41, 5.74) is 0.410. The summed E-state index contributed by atoms with van der Waals surface area (Å²) >= 11 is 6.04. The number of carbonyl (C=O) groups is 2. The predicted molar refractivity (Wildman–Crippen MR) is 86.5 cm³/mol. The van der Waals surface area contributed by atoms with Crippen LogP contribution in [0.2, 0.25) is 5.02 Å². The largest absolute Gasteiger partial charge is 0.342 e. The number of nitrogens with zero attached hydrogens (tertiary/aromatic N) is 1. The summed E-state index contributed by atoms with van der Waals surface area (Å²) < 4.78 is 0. The minimum Gasteiger partial charge on any atom is -0.342 e. The van der Waals surface area contributed by atoms with Crippen molar-refractivity contribution in [1.29, 1.82) is 0 Å². The summed E-state index contributed by atoms with van der Waals surface area (Å²) in [6.45, 7) is 10.1. The van der Waals surface area contributed by atoms with Crippen molar-refractivity contribution < 1.29 is 9.59 Å². The van der Waals surface area contributed by atoms with E-state index < -0.39 is 5.41 Å². The van der Waals surface area contributed by atoms with Gasteiger partial charge in [-0.2, -0.15) is 0 Å². The van der Waals surface area contributed by atoms with Gasteiger partial charge in [-0.3, -0.25) is 9.59 Å². The summed E-state index contributed by atoms with van der Waals surface area (Å²) in [5, 5.41) is 3.35. The van der Waals surface area contributed by atoms with Crippen LogP contribution in [0.5, 0.6) is 0 Å². The monoisotopic (exact) mass is 310 g/mol. The second kappa shape index (κ2) is 6.94. The smallest absolute Gasteiger partial charge is 0.239 e. The van der Waals surface area contributed by atoms with Crippen molar-refractivity contribution in [3.8, 4) is 0 Å². The molecule has 0 bridgehead atoms. The Kier molecular flexibility index (Phi) is 5.78. The van der Waals surface area contributed by atoms with Crippen LogP contribution in [-0.4, -0.2) is 29.8 Å². The van der Waals surface area contributed by atoms with Gasteiger partial charge < -0.3 is 10.2 Å². The van der Waals surface area contributed by atoms with Crippen LogP contribution in [-0.2, 0) is 9.59 Å². The first kappa shape index (κ1) is 17.5. The molecule has 0 aliphatic carbocycles. The van der Waals surface area contributed by atoms with Gasteiger partial charge in [-0.05, 0) is 52.3 Å². The lowest BCUT2D eigenvalue weighted by Gasteiger charge is -2.29. The van der Waals surface area contributed by atoms with Crippen LogP contribution >= 0.6 is 11.6 Å². The number of halogens is 1. The topological polar surface area (TPSA) is 49.4 Å². The zero-order valence-electron chi connectivity index (χ0n) is 13.3. The lowest BCUT2D eigenvalue weighted by Crippen LogP contribution is -2.47. The maximum absolute atomic E-state index is 12.4. The van der Waals surface area contributed by atoms with Gasteiger partial charge in [-0.1, -0.05) is 17.7 Å². The fraction of sp³-hybridized carbons (Fsp3) is 0.500.